The lowest BCUT2D eigenvalue weighted by Gasteiger charge is -2.26. The Balaban J connectivity index is 1.39. The Hall–Kier alpha value is -4.78. The summed E-state index contributed by atoms with van der Waals surface area (Å²) in [6, 6.07) is 18.9. The Morgan fingerprint density at radius 1 is 0.977 bits per heavy atom. The van der Waals surface area contributed by atoms with Crippen molar-refractivity contribution in [1.29, 1.82) is 0 Å². The molecule has 43 heavy (non-hydrogen) atoms. The number of hydrogen-bond acceptors (Lipinski definition) is 8. The molecule has 0 aliphatic heterocycles. The molecule has 12 nitrogen and oxygen atoms in total. The van der Waals surface area contributed by atoms with Crippen LogP contribution in [-0.2, 0) is 16.4 Å². The third kappa shape index (κ3) is 7.36. The van der Waals surface area contributed by atoms with Crippen LogP contribution in [0.1, 0.15) is 59.5 Å². The topological polar surface area (TPSA) is 159 Å². The number of carbonyl (C=O) groups is 2. The molecule has 0 unspecified atom stereocenters. The van der Waals surface area contributed by atoms with E-state index in [1.54, 1.807) is 35.2 Å². The zero-order valence-corrected chi connectivity index (χ0v) is 24.7. The summed E-state index contributed by atoms with van der Waals surface area (Å²) in [5, 5.41) is 18.5. The van der Waals surface area contributed by atoms with Gasteiger partial charge in [-0.15, -0.1) is 5.10 Å². The minimum absolute atomic E-state index is 0.0223. The predicted octanol–water partition coefficient (Wildman–Crippen LogP) is 5.15. The summed E-state index contributed by atoms with van der Waals surface area (Å²) >= 11 is 0. The van der Waals surface area contributed by atoms with E-state index in [1.807, 2.05) is 12.1 Å². The lowest BCUT2D eigenvalue weighted by atomic mass is 9.84. The number of methoxy groups -OCH3 is 1. The third-order valence-electron chi connectivity index (χ3n) is 7.47. The molecule has 0 spiro atoms. The molecule has 1 aromatic heterocycles. The molecule has 1 aliphatic carbocycles. The summed E-state index contributed by atoms with van der Waals surface area (Å²) in [7, 11) is -2.21. The third-order valence-corrected chi connectivity index (χ3v) is 8.59. The quantitative estimate of drug-likeness (QED) is 0.237. The van der Waals surface area contributed by atoms with Crippen molar-refractivity contribution in [1.82, 2.24) is 20.6 Å². The van der Waals surface area contributed by atoms with Gasteiger partial charge in [0.1, 0.15) is 10.6 Å². The second-order valence-corrected chi connectivity index (χ2v) is 12.5. The molecule has 1 saturated carbocycles. The van der Waals surface area contributed by atoms with Crippen LogP contribution < -0.4 is 20.3 Å². The number of tetrazole rings is 1. The first kappa shape index (κ1) is 29.7. The maximum Gasteiger partial charge on any atom is 0.326 e. The number of ether oxygens (including phenoxy) is 1. The minimum atomic E-state index is -3.60. The number of amides is 3. The number of urea groups is 1. The van der Waals surface area contributed by atoms with Crippen molar-refractivity contribution in [2.75, 3.05) is 28.9 Å². The smallest absolute Gasteiger partial charge is 0.326 e. The highest BCUT2D eigenvalue weighted by Gasteiger charge is 2.21. The molecule has 3 aromatic carbocycles. The molecule has 1 heterocycles. The Bertz CT molecular complexity index is 1670. The van der Waals surface area contributed by atoms with Crippen LogP contribution in [0.2, 0.25) is 0 Å². The lowest BCUT2D eigenvalue weighted by molar-refractivity contribution is 0.102. The number of rotatable bonds is 9. The second-order valence-electron chi connectivity index (χ2n) is 10.5. The van der Waals surface area contributed by atoms with Crippen molar-refractivity contribution >= 4 is 39.1 Å². The van der Waals surface area contributed by atoms with Crippen molar-refractivity contribution in [3.8, 4) is 5.75 Å². The maximum atomic E-state index is 13.7. The van der Waals surface area contributed by atoms with E-state index >= 15 is 0 Å². The largest absolute Gasteiger partial charge is 0.495 e. The zero-order valence-electron chi connectivity index (χ0n) is 23.9. The standard InChI is InChI=1S/C30H33N7O5S/c1-42-26-17-14-24(18-27(26)43(2,40)41)31-30(39)37(25-15-12-22(13-16-25)21-6-4-3-5-7-21)19-20-8-10-23(11-9-20)28(38)32-29-33-35-36-34-29/h8-18,21H,3-7,19H2,1-2H3,(H,31,39)(H2,32,33,34,35,36,38). The fourth-order valence-electron chi connectivity index (χ4n) is 5.21. The van der Waals surface area contributed by atoms with Crippen molar-refractivity contribution in [3.63, 3.8) is 0 Å². The van der Waals surface area contributed by atoms with Crippen LogP contribution in [0, 0.1) is 0 Å². The van der Waals surface area contributed by atoms with Crippen LogP contribution >= 0.6 is 0 Å². The van der Waals surface area contributed by atoms with E-state index in [0.717, 1.165) is 24.7 Å². The van der Waals surface area contributed by atoms with Crippen LogP contribution in [0.4, 0.5) is 22.1 Å². The van der Waals surface area contributed by atoms with E-state index < -0.39 is 21.8 Å². The van der Waals surface area contributed by atoms with Gasteiger partial charge in [0.05, 0.1) is 13.7 Å². The van der Waals surface area contributed by atoms with Gasteiger partial charge in [-0.3, -0.25) is 15.0 Å². The van der Waals surface area contributed by atoms with Gasteiger partial charge in [0.15, 0.2) is 9.84 Å². The Morgan fingerprint density at radius 3 is 2.33 bits per heavy atom. The molecule has 0 bridgehead atoms. The van der Waals surface area contributed by atoms with Crippen molar-refractivity contribution < 1.29 is 22.7 Å². The van der Waals surface area contributed by atoms with Gasteiger partial charge in [-0.2, -0.15) is 5.21 Å². The number of sulfone groups is 1. The molecule has 3 amide bonds. The highest BCUT2D eigenvalue weighted by Crippen LogP contribution is 2.34. The molecule has 1 fully saturated rings. The van der Waals surface area contributed by atoms with Crippen molar-refractivity contribution in [2.24, 2.45) is 0 Å². The number of H-pyrrole nitrogens is 1. The minimum Gasteiger partial charge on any atom is -0.495 e. The second kappa shape index (κ2) is 13.0. The monoisotopic (exact) mass is 603 g/mol. The summed E-state index contributed by atoms with van der Waals surface area (Å²) in [6.45, 7) is 0.191. The van der Waals surface area contributed by atoms with Crippen molar-refractivity contribution in [3.05, 3.63) is 83.4 Å². The van der Waals surface area contributed by atoms with E-state index in [-0.39, 0.29) is 23.1 Å². The summed E-state index contributed by atoms with van der Waals surface area (Å²) in [5.41, 5.74) is 3.40. The number of aromatic amines is 1. The zero-order chi connectivity index (χ0) is 30.4. The normalized spacial score (nSPS) is 13.7. The first-order valence-corrected chi connectivity index (χ1v) is 15.8. The number of carbonyl (C=O) groups excluding carboxylic acids is 2. The number of nitrogens with zero attached hydrogens (tertiary/aromatic N) is 4. The van der Waals surface area contributed by atoms with E-state index in [0.29, 0.717) is 22.9 Å². The van der Waals surface area contributed by atoms with Crippen LogP contribution in [0.15, 0.2) is 71.6 Å². The molecule has 3 N–H and O–H groups in total. The molecule has 5 rings (SSSR count). The van der Waals surface area contributed by atoms with Gasteiger partial charge in [0, 0.05) is 23.2 Å². The lowest BCUT2D eigenvalue weighted by Crippen LogP contribution is -2.34. The van der Waals surface area contributed by atoms with E-state index in [9.17, 15) is 18.0 Å². The fourth-order valence-corrected chi connectivity index (χ4v) is 6.07. The van der Waals surface area contributed by atoms with E-state index in [2.05, 4.69) is 43.4 Å². The molecule has 4 aromatic rings. The van der Waals surface area contributed by atoms with Gasteiger partial charge in [0.25, 0.3) is 11.9 Å². The first-order chi connectivity index (χ1) is 20.7. The number of benzene rings is 3. The van der Waals surface area contributed by atoms with Gasteiger partial charge in [-0.25, -0.2) is 13.2 Å². The summed E-state index contributed by atoms with van der Waals surface area (Å²) in [6.07, 6.45) is 7.13. The van der Waals surface area contributed by atoms with Crippen LogP contribution in [0.25, 0.3) is 0 Å². The average Bonchev–Trinajstić information content (AvgIpc) is 3.53. The number of anilines is 3. The molecular weight excluding hydrogens is 570 g/mol. The predicted molar refractivity (Wildman–Crippen MR) is 162 cm³/mol. The van der Waals surface area contributed by atoms with Gasteiger partial charge in [-0.1, -0.05) is 48.6 Å². The van der Waals surface area contributed by atoms with Gasteiger partial charge in [0.2, 0.25) is 0 Å². The average molecular weight is 604 g/mol. The molecule has 0 radical (unpaired) electrons. The van der Waals surface area contributed by atoms with Gasteiger partial charge >= 0.3 is 6.03 Å². The van der Waals surface area contributed by atoms with Gasteiger partial charge < -0.3 is 10.1 Å². The number of hydrogen-bond donors (Lipinski definition) is 3. The fraction of sp³-hybridized carbons (Fsp3) is 0.300. The Kier molecular flexibility index (Phi) is 9.00. The molecule has 0 atom stereocenters. The maximum absolute atomic E-state index is 13.7. The Morgan fingerprint density at radius 2 is 1.70 bits per heavy atom. The Labute approximate surface area is 249 Å². The molecule has 0 saturated heterocycles. The number of aromatic nitrogens is 4. The van der Waals surface area contributed by atoms with Crippen LogP contribution in [0.5, 0.6) is 5.75 Å². The molecular formula is C30H33N7O5S. The number of nitrogens with one attached hydrogen (secondary N) is 3. The van der Waals surface area contributed by atoms with Crippen molar-refractivity contribution in [2.45, 2.75) is 49.5 Å². The highest BCUT2D eigenvalue weighted by molar-refractivity contribution is 7.90. The first-order valence-electron chi connectivity index (χ1n) is 13.9. The SMILES string of the molecule is COc1ccc(NC(=O)N(Cc2ccc(C(=O)Nc3nn[nH]n3)cc2)c2ccc(C3CCCCC3)cc2)cc1S(C)(=O)=O. The van der Waals surface area contributed by atoms with E-state index in [4.69, 9.17) is 4.74 Å². The summed E-state index contributed by atoms with van der Waals surface area (Å²) in [4.78, 5) is 27.8. The van der Waals surface area contributed by atoms with E-state index in [1.165, 1.54) is 44.1 Å². The van der Waals surface area contributed by atoms with Gasteiger partial charge in [-0.05, 0) is 77.6 Å². The summed E-state index contributed by atoms with van der Waals surface area (Å²) in [5.74, 6) is 0.372. The van der Waals surface area contributed by atoms with Crippen LogP contribution in [0.3, 0.4) is 0 Å². The highest BCUT2D eigenvalue weighted by atomic mass is 32.2. The molecule has 13 heteroatoms. The summed E-state index contributed by atoms with van der Waals surface area (Å²) < 4.78 is 29.9. The molecule has 224 valence electrons. The molecule has 1 aliphatic rings. The van der Waals surface area contributed by atoms with Crippen LogP contribution in [-0.4, -0.2) is 54.3 Å².